The second kappa shape index (κ2) is 9.44. The molecule has 0 aromatic heterocycles. The molecule has 5 rings (SSSR count). The normalized spacial score (nSPS) is 45.8. The number of allylic oxidation sites excluding steroid dienone is 3. The molecule has 0 saturated heterocycles. The largest absolute Gasteiger partial charge is 0.481 e. The minimum absolute atomic E-state index is 0.0340. The third-order valence-corrected chi connectivity index (χ3v) is 13.9. The van der Waals surface area contributed by atoms with Gasteiger partial charge in [0.1, 0.15) is 11.5 Å². The number of carboxylic acid groups (broad SMARTS) is 1. The van der Waals surface area contributed by atoms with E-state index in [0.29, 0.717) is 30.3 Å². The van der Waals surface area contributed by atoms with E-state index in [-0.39, 0.29) is 33.0 Å². The van der Waals surface area contributed by atoms with Crippen LogP contribution >= 0.6 is 0 Å². The summed E-state index contributed by atoms with van der Waals surface area (Å²) in [6.07, 6.45) is 11.2. The van der Waals surface area contributed by atoms with Crippen LogP contribution in [0.2, 0.25) is 0 Å². The maximum absolute atomic E-state index is 13.4. The van der Waals surface area contributed by atoms with Gasteiger partial charge in [0, 0.05) is 16.9 Å². The van der Waals surface area contributed by atoms with Crippen molar-refractivity contribution in [1.82, 2.24) is 0 Å². The maximum atomic E-state index is 13.4. The van der Waals surface area contributed by atoms with Crippen LogP contribution in [0, 0.1) is 50.2 Å². The molecule has 6 heteroatoms. The molecule has 5 aliphatic rings. The molecule has 41 heavy (non-hydrogen) atoms. The van der Waals surface area contributed by atoms with Crippen molar-refractivity contribution < 1.29 is 24.6 Å². The molecule has 0 aliphatic heterocycles. The summed E-state index contributed by atoms with van der Waals surface area (Å²) < 4.78 is 6.14. The number of carbonyl (C=O) groups is 2. The number of ether oxygens (including phenoxy) is 1. The highest BCUT2D eigenvalue weighted by atomic mass is 16.5. The summed E-state index contributed by atoms with van der Waals surface area (Å²) in [5.41, 5.74) is 1.41. The Bertz CT molecular complexity index is 1230. The minimum atomic E-state index is -1.10. The first-order chi connectivity index (χ1) is 18.9. The third-order valence-electron chi connectivity index (χ3n) is 13.9. The van der Waals surface area contributed by atoms with E-state index < -0.39 is 23.5 Å². The van der Waals surface area contributed by atoms with Crippen molar-refractivity contribution in [2.24, 2.45) is 55.4 Å². The van der Waals surface area contributed by atoms with Gasteiger partial charge in [-0.25, -0.2) is 4.79 Å². The smallest absolute Gasteiger partial charge is 0.333 e. The average Bonchev–Trinajstić information content (AvgIpc) is 2.87. The van der Waals surface area contributed by atoms with Gasteiger partial charge in [0.2, 0.25) is 0 Å². The monoisotopic (exact) mass is 567 g/mol. The van der Waals surface area contributed by atoms with E-state index in [9.17, 15) is 19.9 Å². The first-order valence-electron chi connectivity index (χ1n) is 15.9. The zero-order chi connectivity index (χ0) is 30.4. The fraction of sp³-hybridized carbons (Fsp3) is 0.800. The Morgan fingerprint density at radius 2 is 1.68 bits per heavy atom. The van der Waals surface area contributed by atoms with Gasteiger partial charge in [-0.1, -0.05) is 71.3 Å². The standard InChI is InChI=1S/C35H53NO5/c1-10-21(2)28(37)41-27-20-30(3,4)19-23-22-11-12-25-32(7)15-14-26(36-40)31(5,6)24(32)13-16-34(25,9)33(22,8)17-18-35(23,27)29(38)39/h10-11,23-25,27,40H,12-20H2,1-9H3,(H,38,39)/b21-10-,36-26+/t23?,24?,25?,27-,32+,33-,34-,35+/m1/s1. The van der Waals surface area contributed by atoms with Gasteiger partial charge in [0.25, 0.3) is 0 Å². The quantitative estimate of drug-likeness (QED) is 0.118. The van der Waals surface area contributed by atoms with E-state index in [1.165, 1.54) is 5.57 Å². The van der Waals surface area contributed by atoms with Crippen LogP contribution in [-0.2, 0) is 14.3 Å². The zero-order valence-electron chi connectivity index (χ0n) is 26.9. The van der Waals surface area contributed by atoms with Gasteiger partial charge >= 0.3 is 11.9 Å². The van der Waals surface area contributed by atoms with E-state index in [2.05, 4.69) is 59.7 Å². The van der Waals surface area contributed by atoms with Crippen molar-refractivity contribution in [3.05, 3.63) is 23.3 Å². The van der Waals surface area contributed by atoms with Gasteiger partial charge in [-0.15, -0.1) is 0 Å². The Kier molecular flexibility index (Phi) is 6.99. The molecule has 8 atom stereocenters. The number of rotatable bonds is 3. The van der Waals surface area contributed by atoms with Crippen LogP contribution in [0.15, 0.2) is 28.5 Å². The molecule has 0 aromatic rings. The Morgan fingerprint density at radius 3 is 2.29 bits per heavy atom. The molecule has 2 N–H and O–H groups in total. The number of hydrogen-bond acceptors (Lipinski definition) is 5. The molecule has 4 saturated carbocycles. The second-order valence-corrected chi connectivity index (χ2v) is 16.4. The van der Waals surface area contributed by atoms with E-state index >= 15 is 0 Å². The molecule has 0 heterocycles. The molecule has 0 aromatic carbocycles. The Morgan fingerprint density at radius 1 is 1.00 bits per heavy atom. The molecular weight excluding hydrogens is 514 g/mol. The topological polar surface area (TPSA) is 96.2 Å². The van der Waals surface area contributed by atoms with Crippen LogP contribution < -0.4 is 0 Å². The lowest BCUT2D eigenvalue weighted by Gasteiger charge is -2.71. The van der Waals surface area contributed by atoms with Crippen LogP contribution in [0.25, 0.3) is 0 Å². The van der Waals surface area contributed by atoms with Crippen molar-refractivity contribution >= 4 is 17.7 Å². The lowest BCUT2D eigenvalue weighted by Crippen LogP contribution is -2.66. The Labute approximate surface area is 247 Å². The summed E-state index contributed by atoms with van der Waals surface area (Å²) in [5, 5.41) is 24.6. The molecule has 6 nitrogen and oxygen atoms in total. The highest BCUT2D eigenvalue weighted by molar-refractivity contribution is 5.90. The first-order valence-corrected chi connectivity index (χ1v) is 15.9. The van der Waals surface area contributed by atoms with Gasteiger partial charge in [0.15, 0.2) is 0 Å². The molecule has 4 fully saturated rings. The van der Waals surface area contributed by atoms with Gasteiger partial charge in [-0.05, 0) is 105 Å². The van der Waals surface area contributed by atoms with Crippen LogP contribution in [0.3, 0.4) is 0 Å². The first kappa shape index (κ1) is 30.4. The molecule has 0 bridgehead atoms. The van der Waals surface area contributed by atoms with Crippen LogP contribution in [0.1, 0.15) is 120 Å². The summed E-state index contributed by atoms with van der Waals surface area (Å²) in [5.74, 6) is -0.457. The average molecular weight is 568 g/mol. The van der Waals surface area contributed by atoms with Gasteiger partial charge in [-0.3, -0.25) is 4.79 Å². The number of carbonyl (C=O) groups excluding carboxylic acids is 1. The number of hydrogen-bond donors (Lipinski definition) is 2. The van der Waals surface area contributed by atoms with Crippen molar-refractivity contribution in [3.8, 4) is 0 Å². The van der Waals surface area contributed by atoms with Crippen LogP contribution in [0.4, 0.5) is 0 Å². The zero-order valence-corrected chi connectivity index (χ0v) is 26.9. The predicted octanol–water partition coefficient (Wildman–Crippen LogP) is 8.19. The summed E-state index contributed by atoms with van der Waals surface area (Å²) in [7, 11) is 0. The maximum Gasteiger partial charge on any atom is 0.333 e. The fourth-order valence-electron chi connectivity index (χ4n) is 11.3. The molecule has 5 aliphatic carbocycles. The van der Waals surface area contributed by atoms with Gasteiger partial charge in [0.05, 0.1) is 5.71 Å². The third kappa shape index (κ3) is 3.97. The minimum Gasteiger partial charge on any atom is -0.481 e. The Hall–Kier alpha value is -2.11. The number of fused-ring (bicyclic) bond motifs is 7. The molecule has 3 unspecified atom stereocenters. The molecular formula is C35H53NO5. The van der Waals surface area contributed by atoms with E-state index in [4.69, 9.17) is 4.74 Å². The van der Waals surface area contributed by atoms with Crippen molar-refractivity contribution in [1.29, 1.82) is 0 Å². The summed E-state index contributed by atoms with van der Waals surface area (Å²) >= 11 is 0. The van der Waals surface area contributed by atoms with Crippen LogP contribution in [0.5, 0.6) is 0 Å². The van der Waals surface area contributed by atoms with E-state index in [0.717, 1.165) is 50.7 Å². The number of oxime groups is 1. The van der Waals surface area contributed by atoms with Crippen molar-refractivity contribution in [3.63, 3.8) is 0 Å². The van der Waals surface area contributed by atoms with E-state index in [1.807, 2.05) is 6.92 Å². The lowest BCUT2D eigenvalue weighted by atomic mass is 9.33. The fourth-order valence-corrected chi connectivity index (χ4v) is 11.3. The summed E-state index contributed by atoms with van der Waals surface area (Å²) in [6, 6.07) is 0. The van der Waals surface area contributed by atoms with E-state index in [1.54, 1.807) is 13.0 Å². The van der Waals surface area contributed by atoms with Gasteiger partial charge < -0.3 is 15.1 Å². The highest BCUT2D eigenvalue weighted by Crippen LogP contribution is 2.75. The summed E-state index contributed by atoms with van der Waals surface area (Å²) in [4.78, 5) is 26.4. The molecule has 0 spiro atoms. The predicted molar refractivity (Wildman–Crippen MR) is 161 cm³/mol. The van der Waals surface area contributed by atoms with Crippen molar-refractivity contribution in [2.75, 3.05) is 0 Å². The Balaban J connectivity index is 1.60. The molecule has 0 amide bonds. The number of esters is 1. The summed E-state index contributed by atoms with van der Waals surface area (Å²) in [6.45, 7) is 19.9. The van der Waals surface area contributed by atoms with Crippen LogP contribution in [-0.4, -0.2) is 34.1 Å². The molecule has 228 valence electrons. The van der Waals surface area contributed by atoms with Crippen molar-refractivity contribution in [2.45, 2.75) is 126 Å². The number of nitrogens with zero attached hydrogens (tertiary/aromatic N) is 1. The number of aliphatic carboxylic acids is 1. The van der Waals surface area contributed by atoms with Gasteiger partial charge in [-0.2, -0.15) is 0 Å². The molecule has 0 radical (unpaired) electrons. The lowest BCUT2D eigenvalue weighted by molar-refractivity contribution is -0.203. The highest BCUT2D eigenvalue weighted by Gasteiger charge is 2.71. The SMILES string of the molecule is C/C=C(/C)C(=O)O[C@@H]1CC(C)(C)CC2C3=CCC4[C@@]5(C)CC/C(=N\O)C(C)(C)C5CC[C@@]4(C)[C@]3(C)CC[C@]21C(=O)O. The number of carboxylic acids is 1. The second-order valence-electron chi connectivity index (χ2n) is 16.4.